The summed E-state index contributed by atoms with van der Waals surface area (Å²) in [6.07, 6.45) is 0. The minimum absolute atomic E-state index is 0.181. The average molecular weight is 184 g/mol. The first-order valence-corrected chi connectivity index (χ1v) is 4.40. The number of amides is 2. The molecule has 1 aromatic heterocycles. The smallest absolute Gasteiger partial charge is 0.339 e. The summed E-state index contributed by atoms with van der Waals surface area (Å²) in [6, 6.07) is 1.26. The topological polar surface area (TPSA) is 52.6 Å². The van der Waals surface area contributed by atoms with Crippen LogP contribution >= 0.6 is 11.3 Å². The van der Waals surface area contributed by atoms with E-state index in [1.54, 1.807) is 11.3 Å². The van der Waals surface area contributed by atoms with Gasteiger partial charge in [0, 0.05) is 11.9 Å². The molecule has 0 fully saturated rings. The molecule has 12 heavy (non-hydrogen) atoms. The maximum atomic E-state index is 10.9. The van der Waals surface area contributed by atoms with Gasteiger partial charge in [-0.2, -0.15) is 5.06 Å². The molecule has 0 saturated carbocycles. The van der Waals surface area contributed by atoms with Crippen molar-refractivity contribution >= 4 is 17.4 Å². The molecule has 4 nitrogen and oxygen atoms in total. The Morgan fingerprint density at radius 3 is 3.08 bits per heavy atom. The van der Waals surface area contributed by atoms with E-state index in [4.69, 9.17) is 0 Å². The Balaban J connectivity index is 2.06. The fourth-order valence-electron chi connectivity index (χ4n) is 1.17. The molecule has 0 aliphatic heterocycles. The minimum atomic E-state index is -0.469. The maximum Gasteiger partial charge on any atom is 0.341 e. The lowest BCUT2D eigenvalue weighted by atomic mass is 10.5. The predicted octanol–water partition coefficient (Wildman–Crippen LogP) is 1.18. The molecule has 0 bridgehead atoms. The van der Waals surface area contributed by atoms with E-state index in [9.17, 15) is 10.0 Å². The molecule has 2 rings (SSSR count). The zero-order valence-electron chi connectivity index (χ0n) is 6.44. The zero-order valence-corrected chi connectivity index (χ0v) is 7.26. The number of nitrogens with zero attached hydrogens (tertiary/aromatic N) is 1. The SMILES string of the molecule is CNC(=O)N(O)C1c2ccsc21. The number of rotatable bonds is 1. The van der Waals surface area contributed by atoms with Gasteiger partial charge in [0.15, 0.2) is 0 Å². The fraction of sp³-hybridized carbons (Fsp3) is 0.286. The molecule has 64 valence electrons. The summed E-state index contributed by atoms with van der Waals surface area (Å²) in [5, 5.41) is 14.3. The Labute approximate surface area is 73.4 Å². The van der Waals surface area contributed by atoms with Crippen LogP contribution in [0.3, 0.4) is 0 Å². The summed E-state index contributed by atoms with van der Waals surface area (Å²) in [5.41, 5.74) is 1.05. The Morgan fingerprint density at radius 1 is 1.83 bits per heavy atom. The standard InChI is InChI=1S/C7H8N2O2S/c1-8-7(10)9(11)5-4-2-3-12-6(4)5/h2-3,5,11H,1H3,(H,8,10). The van der Waals surface area contributed by atoms with E-state index in [2.05, 4.69) is 5.32 Å². The van der Waals surface area contributed by atoms with E-state index >= 15 is 0 Å². The third-order valence-electron chi connectivity index (χ3n) is 1.85. The van der Waals surface area contributed by atoms with E-state index in [1.165, 1.54) is 7.05 Å². The van der Waals surface area contributed by atoms with Crippen LogP contribution in [-0.4, -0.2) is 23.3 Å². The Hall–Kier alpha value is -1.07. The van der Waals surface area contributed by atoms with E-state index < -0.39 is 6.03 Å². The number of carbonyl (C=O) groups is 1. The van der Waals surface area contributed by atoms with E-state index in [1.807, 2.05) is 11.4 Å². The highest BCUT2D eigenvalue weighted by atomic mass is 32.1. The molecule has 1 atom stereocenters. The minimum Gasteiger partial charge on any atom is -0.339 e. The molecule has 5 heteroatoms. The monoisotopic (exact) mass is 184 g/mol. The highest BCUT2D eigenvalue weighted by molar-refractivity contribution is 7.11. The summed E-state index contributed by atoms with van der Waals surface area (Å²) in [4.78, 5) is 12.0. The lowest BCUT2D eigenvalue weighted by Gasteiger charge is -2.12. The zero-order chi connectivity index (χ0) is 8.72. The van der Waals surface area contributed by atoms with Gasteiger partial charge in [-0.25, -0.2) is 4.79 Å². The van der Waals surface area contributed by atoms with Crippen molar-refractivity contribution in [1.29, 1.82) is 0 Å². The van der Waals surface area contributed by atoms with Crippen molar-refractivity contribution < 1.29 is 10.0 Å². The van der Waals surface area contributed by atoms with Gasteiger partial charge >= 0.3 is 6.03 Å². The Kier molecular flexibility index (Phi) is 1.55. The third kappa shape index (κ3) is 0.904. The van der Waals surface area contributed by atoms with Gasteiger partial charge in [0.1, 0.15) is 6.04 Å². The molecule has 1 heterocycles. The third-order valence-corrected chi connectivity index (χ3v) is 2.84. The molecule has 0 saturated heterocycles. The van der Waals surface area contributed by atoms with Gasteiger partial charge in [-0.3, -0.25) is 5.21 Å². The van der Waals surface area contributed by atoms with Crippen molar-refractivity contribution in [2.45, 2.75) is 6.04 Å². The van der Waals surface area contributed by atoms with Gasteiger partial charge < -0.3 is 5.32 Å². The number of hydrogen-bond donors (Lipinski definition) is 2. The summed E-state index contributed by atoms with van der Waals surface area (Å²) >= 11 is 1.55. The van der Waals surface area contributed by atoms with E-state index in [0.717, 1.165) is 15.5 Å². The molecule has 0 spiro atoms. The molecular weight excluding hydrogens is 176 g/mol. The number of hydrogen-bond acceptors (Lipinski definition) is 3. The second-order valence-corrected chi connectivity index (χ2v) is 3.49. The summed E-state index contributed by atoms with van der Waals surface area (Å²) < 4.78 is 0. The quantitative estimate of drug-likeness (QED) is 0.508. The second-order valence-electron chi connectivity index (χ2n) is 2.54. The molecule has 1 aliphatic carbocycles. The number of hydroxylamine groups is 2. The Morgan fingerprint density at radius 2 is 2.58 bits per heavy atom. The molecule has 2 N–H and O–H groups in total. The van der Waals surface area contributed by atoms with Gasteiger partial charge in [0.2, 0.25) is 0 Å². The van der Waals surface area contributed by atoms with Crippen molar-refractivity contribution in [2.75, 3.05) is 7.05 Å². The van der Waals surface area contributed by atoms with E-state index in [0.29, 0.717) is 0 Å². The van der Waals surface area contributed by atoms with Crippen LogP contribution in [0.15, 0.2) is 11.4 Å². The molecule has 0 aromatic carbocycles. The summed E-state index contributed by atoms with van der Waals surface area (Å²) in [6.45, 7) is 0. The van der Waals surface area contributed by atoms with Crippen molar-refractivity contribution in [3.8, 4) is 0 Å². The number of thiophene rings is 1. The Bertz CT molecular complexity index is 304. The maximum absolute atomic E-state index is 10.9. The average Bonchev–Trinajstić information content (AvgIpc) is 2.56. The second kappa shape index (κ2) is 2.46. The van der Waals surface area contributed by atoms with Crippen LogP contribution in [0.25, 0.3) is 0 Å². The van der Waals surface area contributed by atoms with Gasteiger partial charge in [0.25, 0.3) is 0 Å². The first kappa shape index (κ1) is 7.57. The summed E-state index contributed by atoms with van der Waals surface area (Å²) in [7, 11) is 1.49. The number of fused-ring (bicyclic) bond motifs is 1. The van der Waals surface area contributed by atoms with Crippen molar-refractivity contribution in [1.82, 2.24) is 10.4 Å². The first-order valence-electron chi connectivity index (χ1n) is 3.53. The van der Waals surface area contributed by atoms with Crippen molar-refractivity contribution in [3.05, 3.63) is 21.9 Å². The number of nitrogens with one attached hydrogen (secondary N) is 1. The van der Waals surface area contributed by atoms with Gasteiger partial charge in [-0.15, -0.1) is 11.3 Å². The van der Waals surface area contributed by atoms with Crippen LogP contribution in [0.4, 0.5) is 4.79 Å². The number of carbonyl (C=O) groups excluding carboxylic acids is 1. The molecule has 1 unspecified atom stereocenters. The molecule has 1 aliphatic rings. The highest BCUT2D eigenvalue weighted by Gasteiger charge is 2.41. The van der Waals surface area contributed by atoms with Crippen LogP contribution in [0.5, 0.6) is 0 Å². The number of urea groups is 1. The fourth-order valence-corrected chi connectivity index (χ4v) is 2.14. The van der Waals surface area contributed by atoms with Gasteiger partial charge in [-0.05, 0) is 17.0 Å². The highest BCUT2D eigenvalue weighted by Crippen LogP contribution is 2.48. The molecule has 2 amide bonds. The van der Waals surface area contributed by atoms with Crippen LogP contribution in [0.1, 0.15) is 16.5 Å². The van der Waals surface area contributed by atoms with Crippen LogP contribution < -0.4 is 5.32 Å². The van der Waals surface area contributed by atoms with Gasteiger partial charge in [-0.1, -0.05) is 0 Å². The van der Waals surface area contributed by atoms with Crippen LogP contribution in [-0.2, 0) is 0 Å². The largest absolute Gasteiger partial charge is 0.341 e. The molecular formula is C7H8N2O2S. The van der Waals surface area contributed by atoms with Crippen molar-refractivity contribution in [2.24, 2.45) is 0 Å². The lowest BCUT2D eigenvalue weighted by Crippen LogP contribution is -2.34. The predicted molar refractivity (Wildman–Crippen MR) is 44.2 cm³/mol. The molecule has 1 aromatic rings. The van der Waals surface area contributed by atoms with Crippen LogP contribution in [0.2, 0.25) is 0 Å². The van der Waals surface area contributed by atoms with Crippen LogP contribution in [0, 0.1) is 0 Å². The molecule has 0 radical (unpaired) electrons. The normalized spacial score (nSPS) is 18.3. The van der Waals surface area contributed by atoms with Gasteiger partial charge in [0.05, 0.1) is 0 Å². The summed E-state index contributed by atoms with van der Waals surface area (Å²) in [5.74, 6) is 0. The van der Waals surface area contributed by atoms with E-state index in [-0.39, 0.29) is 6.04 Å². The first-order chi connectivity index (χ1) is 5.75. The van der Waals surface area contributed by atoms with Crippen molar-refractivity contribution in [3.63, 3.8) is 0 Å². The lowest BCUT2D eigenvalue weighted by molar-refractivity contribution is -0.0546.